The second-order valence-electron chi connectivity index (χ2n) is 0.696. The van der Waals surface area contributed by atoms with Gasteiger partial charge >= 0.3 is 0 Å². The van der Waals surface area contributed by atoms with E-state index < -0.39 is 5.97 Å². The zero-order chi connectivity index (χ0) is 6.28. The number of nitrogens with one attached hydrogen (secondary N) is 1. The Morgan fingerprint density at radius 1 is 2.00 bits per heavy atom. The Bertz CT molecular complexity index is 77.7. The van der Waals surface area contributed by atoms with Crippen molar-refractivity contribution < 1.29 is 9.90 Å². The van der Waals surface area contributed by atoms with Gasteiger partial charge in [-0.15, -0.1) is 0 Å². The van der Waals surface area contributed by atoms with Gasteiger partial charge in [-0.2, -0.15) is 0 Å². The molecule has 0 amide bonds. The lowest BCUT2D eigenvalue weighted by molar-refractivity contribution is -0.134. The summed E-state index contributed by atoms with van der Waals surface area (Å²) in [5, 5.41) is 13.3. The topological polar surface area (TPSA) is 61.2 Å². The first-order valence-corrected chi connectivity index (χ1v) is 1.53. The summed E-state index contributed by atoms with van der Waals surface area (Å²) in [7, 11) is 0. The first-order valence-electron chi connectivity index (χ1n) is 1.53. The normalized spacial score (nSPS) is 4.71. The SMILES string of the molecule is C=C=N.CC(=O)O. The predicted molar refractivity (Wildman–Crippen MR) is 26.7 cm³/mol. The van der Waals surface area contributed by atoms with Crippen molar-refractivity contribution in [2.75, 3.05) is 0 Å². The zero-order valence-electron chi connectivity index (χ0n) is 4.06. The van der Waals surface area contributed by atoms with Crippen molar-refractivity contribution in [3.63, 3.8) is 0 Å². The summed E-state index contributed by atoms with van der Waals surface area (Å²) in [5.74, 6) is 0.917. The van der Waals surface area contributed by atoms with Crippen LogP contribution in [0.4, 0.5) is 0 Å². The number of hydrogen-bond acceptors (Lipinski definition) is 2. The van der Waals surface area contributed by atoms with Crippen LogP contribution in [0.3, 0.4) is 0 Å². The van der Waals surface area contributed by atoms with Crippen molar-refractivity contribution in [1.29, 1.82) is 5.41 Å². The highest BCUT2D eigenvalue weighted by atomic mass is 16.4. The van der Waals surface area contributed by atoms with Gasteiger partial charge in [-0.1, -0.05) is 0 Å². The average molecular weight is 101 g/mol. The molecule has 0 rings (SSSR count). The molecule has 0 saturated carbocycles. The van der Waals surface area contributed by atoms with Crippen LogP contribution in [0.15, 0.2) is 6.58 Å². The molecule has 0 spiro atoms. The minimum absolute atomic E-state index is 0.833. The second-order valence-corrected chi connectivity index (χ2v) is 0.696. The second kappa shape index (κ2) is 8.87. The van der Waals surface area contributed by atoms with Gasteiger partial charge in [0, 0.05) is 6.92 Å². The fourth-order valence-electron chi connectivity index (χ4n) is 0. The van der Waals surface area contributed by atoms with E-state index in [2.05, 4.69) is 6.58 Å². The highest BCUT2D eigenvalue weighted by molar-refractivity contribution is 5.62. The van der Waals surface area contributed by atoms with Crippen LogP contribution < -0.4 is 0 Å². The molecule has 0 aliphatic carbocycles. The van der Waals surface area contributed by atoms with Gasteiger partial charge in [-0.3, -0.25) is 10.2 Å². The van der Waals surface area contributed by atoms with Gasteiger partial charge in [-0.05, 0) is 12.4 Å². The average Bonchev–Trinajstić information content (AvgIpc) is 1.33. The molecule has 0 atom stereocenters. The Morgan fingerprint density at radius 3 is 2.00 bits per heavy atom. The molecular formula is C4H7NO2. The molecule has 0 aliphatic heterocycles. The molecule has 0 aliphatic rings. The van der Waals surface area contributed by atoms with E-state index in [1.165, 1.54) is 0 Å². The Hall–Kier alpha value is -1.08. The number of carboxylic acid groups (broad SMARTS) is 1. The summed E-state index contributed by atoms with van der Waals surface area (Å²) >= 11 is 0. The Labute approximate surface area is 41.8 Å². The van der Waals surface area contributed by atoms with E-state index in [1.54, 1.807) is 5.87 Å². The molecule has 0 heterocycles. The van der Waals surface area contributed by atoms with Crippen LogP contribution in [0.2, 0.25) is 0 Å². The predicted octanol–water partition coefficient (Wildman–Crippen LogP) is 0.512. The smallest absolute Gasteiger partial charge is 0.300 e. The van der Waals surface area contributed by atoms with Gasteiger partial charge in [0.05, 0.1) is 0 Å². The van der Waals surface area contributed by atoms with Crippen LogP contribution in [0.25, 0.3) is 0 Å². The molecule has 0 saturated heterocycles. The van der Waals surface area contributed by atoms with Crippen LogP contribution in [-0.2, 0) is 4.79 Å². The molecule has 0 radical (unpaired) electrons. The summed E-state index contributed by atoms with van der Waals surface area (Å²) in [5.41, 5.74) is 0. The maximum Gasteiger partial charge on any atom is 0.300 e. The van der Waals surface area contributed by atoms with Crippen molar-refractivity contribution in [3.8, 4) is 0 Å². The van der Waals surface area contributed by atoms with Gasteiger partial charge in [-0.25, -0.2) is 0 Å². The van der Waals surface area contributed by atoms with Gasteiger partial charge in [0.15, 0.2) is 0 Å². The molecular weight excluding hydrogens is 94.0 g/mol. The quantitative estimate of drug-likeness (QED) is 0.437. The molecule has 3 nitrogen and oxygen atoms in total. The van der Waals surface area contributed by atoms with Crippen molar-refractivity contribution >= 4 is 11.8 Å². The molecule has 0 aromatic carbocycles. The molecule has 2 N–H and O–H groups in total. The molecule has 0 aromatic rings. The van der Waals surface area contributed by atoms with Crippen LogP contribution >= 0.6 is 0 Å². The van der Waals surface area contributed by atoms with Crippen LogP contribution in [0, 0.1) is 5.41 Å². The Kier molecular flexibility index (Phi) is 11.8. The van der Waals surface area contributed by atoms with Gasteiger partial charge < -0.3 is 5.11 Å². The van der Waals surface area contributed by atoms with E-state index in [1.807, 2.05) is 0 Å². The minimum Gasteiger partial charge on any atom is -0.481 e. The zero-order valence-corrected chi connectivity index (χ0v) is 4.06. The van der Waals surface area contributed by atoms with Crippen molar-refractivity contribution in [1.82, 2.24) is 0 Å². The van der Waals surface area contributed by atoms with Gasteiger partial charge in [0.25, 0.3) is 5.97 Å². The molecule has 0 unspecified atom stereocenters. The minimum atomic E-state index is -0.833. The van der Waals surface area contributed by atoms with E-state index in [9.17, 15) is 0 Å². The maximum atomic E-state index is 9.00. The first-order chi connectivity index (χ1) is 3.15. The highest BCUT2D eigenvalue weighted by Gasteiger charge is 1.65. The third kappa shape index (κ3) is 36.0. The van der Waals surface area contributed by atoms with E-state index in [4.69, 9.17) is 15.3 Å². The Balaban J connectivity index is 0. The first kappa shape index (κ1) is 9.33. The van der Waals surface area contributed by atoms with Gasteiger partial charge in [0.2, 0.25) is 0 Å². The van der Waals surface area contributed by atoms with Crippen LogP contribution in [0.5, 0.6) is 0 Å². The van der Waals surface area contributed by atoms with E-state index >= 15 is 0 Å². The maximum absolute atomic E-state index is 9.00. The molecule has 0 bridgehead atoms. The fourth-order valence-corrected chi connectivity index (χ4v) is 0. The summed E-state index contributed by atoms with van der Waals surface area (Å²) in [6.45, 7) is 3.99. The number of aliphatic carboxylic acids is 1. The van der Waals surface area contributed by atoms with E-state index in [-0.39, 0.29) is 0 Å². The third-order valence-electron chi connectivity index (χ3n) is 0. The standard InChI is InChI=1S/C2H3N.C2H4O2/c1-2-3;1-2(3)4/h3H,1H2;1H3,(H,3,4). The summed E-state index contributed by atoms with van der Waals surface area (Å²) in [6, 6.07) is 0. The fraction of sp³-hybridized carbons (Fsp3) is 0.250. The number of hydrogen-bond donors (Lipinski definition) is 2. The monoisotopic (exact) mass is 101 g/mol. The summed E-state index contributed by atoms with van der Waals surface area (Å²) in [4.78, 5) is 9.00. The number of rotatable bonds is 0. The number of carbonyl (C=O) groups is 1. The van der Waals surface area contributed by atoms with Gasteiger partial charge in [0.1, 0.15) is 0 Å². The third-order valence-corrected chi connectivity index (χ3v) is 0. The van der Waals surface area contributed by atoms with Crippen molar-refractivity contribution in [2.45, 2.75) is 6.92 Å². The van der Waals surface area contributed by atoms with E-state index in [0.29, 0.717) is 0 Å². The van der Waals surface area contributed by atoms with Crippen molar-refractivity contribution in [3.05, 3.63) is 6.58 Å². The van der Waals surface area contributed by atoms with Crippen molar-refractivity contribution in [2.24, 2.45) is 0 Å². The molecule has 0 fully saturated rings. The molecule has 3 heteroatoms. The molecule has 0 aromatic heterocycles. The number of carboxylic acids is 1. The lowest BCUT2D eigenvalue weighted by Gasteiger charge is -1.59. The lowest BCUT2D eigenvalue weighted by Crippen LogP contribution is -1.78. The van der Waals surface area contributed by atoms with Crippen LogP contribution in [-0.4, -0.2) is 16.9 Å². The summed E-state index contributed by atoms with van der Waals surface area (Å²) in [6.07, 6.45) is 0. The Morgan fingerprint density at radius 2 is 2.00 bits per heavy atom. The summed E-state index contributed by atoms with van der Waals surface area (Å²) < 4.78 is 0. The highest BCUT2D eigenvalue weighted by Crippen LogP contribution is 1.42. The van der Waals surface area contributed by atoms with Crippen LogP contribution in [0.1, 0.15) is 6.92 Å². The molecule has 40 valence electrons. The lowest BCUT2D eigenvalue weighted by atomic mass is 10.9. The van der Waals surface area contributed by atoms with E-state index in [0.717, 1.165) is 6.92 Å². The largest absolute Gasteiger partial charge is 0.481 e. The molecule has 7 heavy (non-hydrogen) atoms.